The second kappa shape index (κ2) is 5.34. The third-order valence-electron chi connectivity index (χ3n) is 2.77. The Labute approximate surface area is 119 Å². The zero-order valence-electron chi connectivity index (χ0n) is 10.5. The van der Waals surface area contributed by atoms with Crippen LogP contribution in [-0.2, 0) is 4.79 Å². The molecule has 5 nitrogen and oxygen atoms in total. The Morgan fingerprint density at radius 2 is 2.47 bits per heavy atom. The Balaban J connectivity index is 1.54. The highest BCUT2D eigenvalue weighted by Crippen LogP contribution is 2.37. The van der Waals surface area contributed by atoms with Crippen LogP contribution >= 0.6 is 23.1 Å². The van der Waals surface area contributed by atoms with Crippen molar-refractivity contribution in [1.29, 1.82) is 0 Å². The largest absolute Gasteiger partial charge is 0.323 e. The summed E-state index contributed by atoms with van der Waals surface area (Å²) in [6.45, 7) is 1.91. The molecule has 0 spiro atoms. The van der Waals surface area contributed by atoms with E-state index >= 15 is 0 Å². The number of nitrogens with zero attached hydrogens (tertiary/aromatic N) is 3. The molecule has 2 heterocycles. The molecular formula is C12H14N4OS2. The minimum atomic E-state index is -0.0373. The molecule has 1 aliphatic carbocycles. The number of thioether (sulfide) groups is 1. The van der Waals surface area contributed by atoms with Crippen molar-refractivity contribution in [3.05, 3.63) is 23.5 Å². The van der Waals surface area contributed by atoms with E-state index in [0.29, 0.717) is 16.9 Å². The molecule has 1 N–H and O–H groups in total. The molecule has 1 fully saturated rings. The minimum Gasteiger partial charge on any atom is -0.323 e. The van der Waals surface area contributed by atoms with Crippen LogP contribution in [0.5, 0.6) is 0 Å². The van der Waals surface area contributed by atoms with Crippen molar-refractivity contribution < 1.29 is 4.79 Å². The lowest BCUT2D eigenvalue weighted by molar-refractivity contribution is -0.113. The van der Waals surface area contributed by atoms with Gasteiger partial charge in [-0.1, -0.05) is 11.8 Å². The molecule has 2 aromatic heterocycles. The molecule has 1 saturated carbocycles. The van der Waals surface area contributed by atoms with E-state index < -0.39 is 0 Å². The highest BCUT2D eigenvalue weighted by molar-refractivity contribution is 7.99. The highest BCUT2D eigenvalue weighted by atomic mass is 32.2. The van der Waals surface area contributed by atoms with E-state index in [0.717, 1.165) is 10.9 Å². The summed E-state index contributed by atoms with van der Waals surface area (Å²) in [7, 11) is 0. The van der Waals surface area contributed by atoms with Crippen LogP contribution in [0.1, 0.15) is 24.6 Å². The molecule has 0 unspecified atom stereocenters. The van der Waals surface area contributed by atoms with Gasteiger partial charge in [-0.3, -0.25) is 4.79 Å². The first kappa shape index (κ1) is 12.7. The number of carbonyl (C=O) groups is 1. The number of rotatable bonds is 5. The molecule has 0 atom stereocenters. The molecule has 0 aromatic carbocycles. The van der Waals surface area contributed by atoms with E-state index in [-0.39, 0.29) is 5.91 Å². The molecule has 7 heteroatoms. The Morgan fingerprint density at radius 1 is 1.63 bits per heavy atom. The Morgan fingerprint density at radius 3 is 3.16 bits per heavy atom. The van der Waals surface area contributed by atoms with E-state index in [1.165, 1.54) is 35.9 Å². The lowest BCUT2D eigenvalue weighted by atomic mass is 10.6. The van der Waals surface area contributed by atoms with Crippen molar-refractivity contribution in [2.75, 3.05) is 11.1 Å². The zero-order valence-corrected chi connectivity index (χ0v) is 12.1. The monoisotopic (exact) mass is 294 g/mol. The number of amides is 1. The quantitative estimate of drug-likeness (QED) is 0.861. The Hall–Kier alpha value is -1.34. The van der Waals surface area contributed by atoms with Crippen molar-refractivity contribution >= 4 is 34.1 Å². The topological polar surface area (TPSA) is 59.8 Å². The summed E-state index contributed by atoms with van der Waals surface area (Å²) in [6.07, 6.45) is 6.22. The number of thiazole rings is 1. The third-order valence-corrected chi connectivity index (χ3v) is 4.63. The van der Waals surface area contributed by atoms with Gasteiger partial charge < -0.3 is 9.88 Å². The minimum absolute atomic E-state index is 0.0373. The number of aryl methyl sites for hydroxylation is 1. The highest BCUT2D eigenvalue weighted by Gasteiger charge is 2.25. The predicted octanol–water partition coefficient (Wildman–Crippen LogP) is 2.71. The van der Waals surface area contributed by atoms with Gasteiger partial charge in [0.05, 0.1) is 11.4 Å². The summed E-state index contributed by atoms with van der Waals surface area (Å²) in [4.78, 5) is 20.3. The molecule has 0 saturated heterocycles. The maximum absolute atomic E-state index is 11.8. The maximum atomic E-state index is 11.8. The number of carbonyl (C=O) groups excluding carboxylic acids is 1. The van der Waals surface area contributed by atoms with Gasteiger partial charge in [-0.2, -0.15) is 0 Å². The fourth-order valence-corrected chi connectivity index (χ4v) is 3.27. The lowest BCUT2D eigenvalue weighted by Crippen LogP contribution is -2.14. The van der Waals surface area contributed by atoms with Crippen LogP contribution in [0.4, 0.5) is 5.13 Å². The zero-order chi connectivity index (χ0) is 13.2. The number of imidazole rings is 1. The van der Waals surface area contributed by atoms with E-state index in [1.807, 2.05) is 18.5 Å². The molecule has 3 rings (SSSR count). The van der Waals surface area contributed by atoms with Gasteiger partial charge in [0.1, 0.15) is 0 Å². The number of nitrogens with one attached hydrogen (secondary N) is 1. The summed E-state index contributed by atoms with van der Waals surface area (Å²) in [6, 6.07) is 0.592. The van der Waals surface area contributed by atoms with Crippen molar-refractivity contribution in [3.8, 4) is 0 Å². The molecule has 0 radical (unpaired) electrons. The molecule has 0 aliphatic heterocycles. The Bertz CT molecular complexity index is 588. The fraction of sp³-hybridized carbons (Fsp3) is 0.417. The van der Waals surface area contributed by atoms with E-state index in [4.69, 9.17) is 0 Å². The molecule has 1 amide bonds. The van der Waals surface area contributed by atoms with Crippen LogP contribution in [-0.4, -0.2) is 26.2 Å². The normalized spacial score (nSPS) is 14.6. The van der Waals surface area contributed by atoms with Gasteiger partial charge in [-0.05, 0) is 19.8 Å². The summed E-state index contributed by atoms with van der Waals surface area (Å²) in [5, 5.41) is 6.30. The summed E-state index contributed by atoms with van der Waals surface area (Å²) >= 11 is 2.92. The molecule has 100 valence electrons. The van der Waals surface area contributed by atoms with Crippen molar-refractivity contribution in [1.82, 2.24) is 14.5 Å². The summed E-state index contributed by atoms with van der Waals surface area (Å²) in [5.74, 6) is 0.326. The first-order chi connectivity index (χ1) is 9.22. The smallest absolute Gasteiger partial charge is 0.236 e. The van der Waals surface area contributed by atoms with Crippen LogP contribution < -0.4 is 5.32 Å². The Kier molecular flexibility index (Phi) is 3.56. The molecule has 0 bridgehead atoms. The van der Waals surface area contributed by atoms with Crippen LogP contribution in [0.3, 0.4) is 0 Å². The van der Waals surface area contributed by atoms with E-state index in [1.54, 1.807) is 6.20 Å². The average Bonchev–Trinajstić information content (AvgIpc) is 2.98. The van der Waals surface area contributed by atoms with Gasteiger partial charge in [-0.25, -0.2) is 9.97 Å². The molecule has 2 aromatic rings. The SMILES string of the molecule is Cc1csc(NC(=O)CSc2nccn2C2CC2)n1. The van der Waals surface area contributed by atoms with E-state index in [9.17, 15) is 4.79 Å². The van der Waals surface area contributed by atoms with Gasteiger partial charge in [0.15, 0.2) is 10.3 Å². The van der Waals surface area contributed by atoms with Crippen LogP contribution in [0.15, 0.2) is 22.9 Å². The first-order valence-corrected chi connectivity index (χ1v) is 7.96. The van der Waals surface area contributed by atoms with Crippen LogP contribution in [0, 0.1) is 6.92 Å². The van der Waals surface area contributed by atoms with Crippen LogP contribution in [0.2, 0.25) is 0 Å². The van der Waals surface area contributed by atoms with Gasteiger partial charge in [0.25, 0.3) is 0 Å². The number of hydrogen-bond donors (Lipinski definition) is 1. The molecule has 1 aliphatic rings. The van der Waals surface area contributed by atoms with Gasteiger partial charge in [0.2, 0.25) is 5.91 Å². The second-order valence-corrected chi connectivity index (χ2v) is 6.28. The van der Waals surface area contributed by atoms with E-state index in [2.05, 4.69) is 19.9 Å². The number of aromatic nitrogens is 3. The van der Waals surface area contributed by atoms with Crippen molar-refractivity contribution in [2.24, 2.45) is 0 Å². The van der Waals surface area contributed by atoms with Gasteiger partial charge in [0, 0.05) is 23.8 Å². The first-order valence-electron chi connectivity index (χ1n) is 6.10. The standard InChI is InChI=1S/C12H14N4OS2/c1-8-6-18-11(14-8)15-10(17)7-19-12-13-4-5-16(12)9-2-3-9/h4-6,9H,2-3,7H2,1H3,(H,14,15,17). The lowest BCUT2D eigenvalue weighted by Gasteiger charge is -2.05. The third kappa shape index (κ3) is 3.16. The molecular weight excluding hydrogens is 280 g/mol. The summed E-state index contributed by atoms with van der Waals surface area (Å²) < 4.78 is 2.16. The average molecular weight is 294 g/mol. The van der Waals surface area contributed by atoms with Crippen molar-refractivity contribution in [3.63, 3.8) is 0 Å². The summed E-state index contributed by atoms with van der Waals surface area (Å²) in [5.41, 5.74) is 0.928. The number of hydrogen-bond acceptors (Lipinski definition) is 5. The predicted molar refractivity (Wildman–Crippen MR) is 76.7 cm³/mol. The maximum Gasteiger partial charge on any atom is 0.236 e. The number of anilines is 1. The van der Waals surface area contributed by atoms with Gasteiger partial charge >= 0.3 is 0 Å². The van der Waals surface area contributed by atoms with Crippen LogP contribution in [0.25, 0.3) is 0 Å². The van der Waals surface area contributed by atoms with Crippen molar-refractivity contribution in [2.45, 2.75) is 31.0 Å². The molecule has 19 heavy (non-hydrogen) atoms. The van der Waals surface area contributed by atoms with Gasteiger partial charge in [-0.15, -0.1) is 11.3 Å². The fourth-order valence-electron chi connectivity index (χ4n) is 1.74. The second-order valence-electron chi connectivity index (χ2n) is 4.48.